The van der Waals surface area contributed by atoms with Crippen molar-refractivity contribution in [2.75, 3.05) is 26.4 Å². The Kier molecular flexibility index (Phi) is 4.87. The van der Waals surface area contributed by atoms with Crippen LogP contribution in [0.1, 0.15) is 18.4 Å². The summed E-state index contributed by atoms with van der Waals surface area (Å²) in [6.07, 6.45) is 5.55. The van der Waals surface area contributed by atoms with Crippen molar-refractivity contribution >= 4 is 0 Å². The van der Waals surface area contributed by atoms with Gasteiger partial charge in [-0.3, -0.25) is 0 Å². The molecule has 1 aromatic heterocycles. The molecule has 118 valence electrons. The van der Waals surface area contributed by atoms with Crippen LogP contribution in [0.5, 0.6) is 0 Å². The smallest absolute Gasteiger partial charge is 0.0648 e. The summed E-state index contributed by atoms with van der Waals surface area (Å²) < 4.78 is 7.38. The first-order valence-electron chi connectivity index (χ1n) is 7.80. The molecule has 0 spiro atoms. The van der Waals surface area contributed by atoms with E-state index < -0.39 is 0 Å². The van der Waals surface area contributed by atoms with Gasteiger partial charge in [-0.15, -0.1) is 0 Å². The highest BCUT2D eigenvalue weighted by molar-refractivity contribution is 5.34. The van der Waals surface area contributed by atoms with E-state index in [4.69, 9.17) is 4.74 Å². The fourth-order valence-electron chi connectivity index (χ4n) is 3.01. The molecule has 1 fully saturated rings. The quantitative estimate of drug-likeness (QED) is 0.818. The molecule has 5 heteroatoms. The molecule has 5 nitrogen and oxygen atoms in total. The molecular weight excluding hydrogens is 278 g/mol. The topological polar surface area (TPSA) is 59.3 Å². The van der Waals surface area contributed by atoms with E-state index in [2.05, 4.69) is 34.7 Å². The van der Waals surface area contributed by atoms with Crippen molar-refractivity contribution in [3.8, 4) is 5.69 Å². The molecule has 0 aliphatic carbocycles. The van der Waals surface area contributed by atoms with Gasteiger partial charge in [-0.2, -0.15) is 5.10 Å². The Bertz CT molecular complexity index is 577. The van der Waals surface area contributed by atoms with Gasteiger partial charge in [0.15, 0.2) is 0 Å². The second kappa shape index (κ2) is 7.05. The van der Waals surface area contributed by atoms with Crippen LogP contribution in [-0.4, -0.2) is 41.3 Å². The van der Waals surface area contributed by atoms with Crippen molar-refractivity contribution in [1.29, 1.82) is 0 Å². The minimum absolute atomic E-state index is 0.0916. The Morgan fingerprint density at radius 3 is 3.05 bits per heavy atom. The van der Waals surface area contributed by atoms with E-state index in [9.17, 15) is 5.11 Å². The van der Waals surface area contributed by atoms with Gasteiger partial charge in [0.1, 0.15) is 0 Å². The summed E-state index contributed by atoms with van der Waals surface area (Å²) in [6.45, 7) is 3.45. The van der Waals surface area contributed by atoms with Crippen LogP contribution in [0.2, 0.25) is 0 Å². The second-order valence-corrected chi connectivity index (χ2v) is 6.00. The lowest BCUT2D eigenvalue weighted by Gasteiger charge is -2.26. The van der Waals surface area contributed by atoms with Crippen molar-refractivity contribution in [1.82, 2.24) is 15.1 Å². The van der Waals surface area contributed by atoms with Gasteiger partial charge >= 0.3 is 0 Å². The minimum Gasteiger partial charge on any atom is -0.396 e. The molecule has 2 aromatic rings. The first kappa shape index (κ1) is 15.2. The lowest BCUT2D eigenvalue weighted by atomic mass is 9.84. The average Bonchev–Trinajstić information content (AvgIpc) is 3.20. The zero-order chi connectivity index (χ0) is 15.3. The van der Waals surface area contributed by atoms with Crippen LogP contribution >= 0.6 is 0 Å². The Hall–Kier alpha value is -1.69. The van der Waals surface area contributed by atoms with Crippen LogP contribution in [-0.2, 0) is 11.3 Å². The molecule has 3 rings (SSSR count). The highest BCUT2D eigenvalue weighted by atomic mass is 16.5. The van der Waals surface area contributed by atoms with Gasteiger partial charge in [0.2, 0.25) is 0 Å². The van der Waals surface area contributed by atoms with E-state index in [1.165, 1.54) is 5.56 Å². The van der Waals surface area contributed by atoms with Crippen LogP contribution in [0.3, 0.4) is 0 Å². The maximum Gasteiger partial charge on any atom is 0.0648 e. The van der Waals surface area contributed by atoms with Crippen molar-refractivity contribution < 1.29 is 9.84 Å². The van der Waals surface area contributed by atoms with Gasteiger partial charge in [-0.05, 0) is 36.6 Å². The maximum atomic E-state index is 9.26. The van der Waals surface area contributed by atoms with Gasteiger partial charge in [0, 0.05) is 44.1 Å². The number of ether oxygens (including phenoxy) is 1. The summed E-state index contributed by atoms with van der Waals surface area (Å²) in [5.74, 6) is 0. The summed E-state index contributed by atoms with van der Waals surface area (Å²) in [5.41, 5.74) is 2.39. The molecule has 2 N–H and O–H groups in total. The maximum absolute atomic E-state index is 9.26. The van der Waals surface area contributed by atoms with Gasteiger partial charge < -0.3 is 15.2 Å². The van der Waals surface area contributed by atoms with Crippen LogP contribution in [0.25, 0.3) is 5.69 Å². The molecule has 0 bridgehead atoms. The lowest BCUT2D eigenvalue weighted by molar-refractivity contribution is 0.124. The predicted octanol–water partition coefficient (Wildman–Crippen LogP) is 1.75. The summed E-state index contributed by atoms with van der Waals surface area (Å²) in [6, 6.07) is 10.3. The van der Waals surface area contributed by atoms with Crippen molar-refractivity contribution in [3.05, 3.63) is 48.3 Å². The number of aliphatic hydroxyl groups excluding tert-OH is 1. The molecule has 2 heterocycles. The van der Waals surface area contributed by atoms with E-state index in [0.717, 1.165) is 44.8 Å². The van der Waals surface area contributed by atoms with E-state index in [-0.39, 0.29) is 12.0 Å². The third-order valence-electron chi connectivity index (χ3n) is 4.34. The minimum atomic E-state index is 0.0916. The van der Waals surface area contributed by atoms with Crippen LogP contribution in [0, 0.1) is 5.41 Å². The summed E-state index contributed by atoms with van der Waals surface area (Å²) in [5, 5.41) is 17.0. The van der Waals surface area contributed by atoms with Crippen molar-refractivity contribution in [3.63, 3.8) is 0 Å². The lowest BCUT2D eigenvalue weighted by Crippen LogP contribution is -2.35. The van der Waals surface area contributed by atoms with Crippen LogP contribution < -0.4 is 5.32 Å². The highest BCUT2D eigenvalue weighted by Gasteiger charge is 2.33. The predicted molar refractivity (Wildman–Crippen MR) is 84.8 cm³/mol. The Balaban J connectivity index is 1.58. The highest BCUT2D eigenvalue weighted by Crippen LogP contribution is 2.31. The molecule has 0 radical (unpaired) electrons. The molecule has 0 amide bonds. The largest absolute Gasteiger partial charge is 0.396 e. The number of aliphatic hydroxyl groups is 1. The van der Waals surface area contributed by atoms with E-state index in [1.807, 2.05) is 16.9 Å². The molecule has 1 aliphatic rings. The molecule has 1 atom stereocenters. The summed E-state index contributed by atoms with van der Waals surface area (Å²) >= 11 is 0. The number of aromatic nitrogens is 2. The molecule has 1 saturated heterocycles. The van der Waals surface area contributed by atoms with Crippen molar-refractivity contribution in [2.24, 2.45) is 5.41 Å². The van der Waals surface area contributed by atoms with E-state index in [0.29, 0.717) is 0 Å². The monoisotopic (exact) mass is 301 g/mol. The second-order valence-electron chi connectivity index (χ2n) is 6.00. The number of benzene rings is 1. The van der Waals surface area contributed by atoms with Gasteiger partial charge in [-0.1, -0.05) is 12.1 Å². The van der Waals surface area contributed by atoms with Gasteiger partial charge in [0.05, 0.1) is 12.3 Å². The zero-order valence-corrected chi connectivity index (χ0v) is 12.7. The first-order chi connectivity index (χ1) is 10.8. The number of nitrogens with zero attached hydrogens (tertiary/aromatic N) is 2. The third-order valence-corrected chi connectivity index (χ3v) is 4.34. The molecular formula is C17H23N3O2. The SMILES string of the molecule is OCCC1(CNCc2cccc(-n3cccn3)c2)CCOC1. The standard InChI is InChI=1S/C17H23N3O2/c21-9-5-17(6-10-22-14-17)13-18-12-15-3-1-4-16(11-15)20-8-2-7-19-20/h1-4,7-8,11,18,21H,5-6,9-10,12-14H2. The van der Waals surface area contributed by atoms with Crippen LogP contribution in [0.15, 0.2) is 42.7 Å². The summed E-state index contributed by atoms with van der Waals surface area (Å²) in [7, 11) is 0. The average molecular weight is 301 g/mol. The normalized spacial score (nSPS) is 21.3. The molecule has 0 saturated carbocycles. The molecule has 1 aromatic carbocycles. The van der Waals surface area contributed by atoms with Crippen LogP contribution in [0.4, 0.5) is 0 Å². The zero-order valence-electron chi connectivity index (χ0n) is 12.7. The fraction of sp³-hybridized carbons (Fsp3) is 0.471. The Morgan fingerprint density at radius 2 is 2.32 bits per heavy atom. The molecule has 22 heavy (non-hydrogen) atoms. The van der Waals surface area contributed by atoms with Gasteiger partial charge in [0.25, 0.3) is 0 Å². The first-order valence-corrected chi connectivity index (χ1v) is 7.80. The molecule has 1 unspecified atom stereocenters. The third kappa shape index (κ3) is 3.55. The van der Waals surface area contributed by atoms with Crippen molar-refractivity contribution in [2.45, 2.75) is 19.4 Å². The Morgan fingerprint density at radius 1 is 1.36 bits per heavy atom. The van der Waals surface area contributed by atoms with E-state index >= 15 is 0 Å². The number of rotatable bonds is 7. The van der Waals surface area contributed by atoms with Gasteiger partial charge in [-0.25, -0.2) is 4.68 Å². The fourth-order valence-corrected chi connectivity index (χ4v) is 3.01. The van der Waals surface area contributed by atoms with E-state index in [1.54, 1.807) is 6.20 Å². The number of nitrogens with one attached hydrogen (secondary N) is 1. The molecule has 1 aliphatic heterocycles. The number of hydrogen-bond donors (Lipinski definition) is 2. The Labute approximate surface area is 130 Å². The summed E-state index contributed by atoms with van der Waals surface area (Å²) in [4.78, 5) is 0. The number of hydrogen-bond acceptors (Lipinski definition) is 4.